The Morgan fingerprint density at radius 2 is 1.90 bits per heavy atom. The zero-order valence-corrected chi connectivity index (χ0v) is 19.6. The maximum atomic E-state index is 5.51. The maximum absolute atomic E-state index is 5.51. The molecule has 0 atom stereocenters. The van der Waals surface area contributed by atoms with Gasteiger partial charge in [-0.15, -0.1) is 0 Å². The van der Waals surface area contributed by atoms with Gasteiger partial charge in [0.25, 0.3) is 0 Å². The Morgan fingerprint density at radius 3 is 2.61 bits per heavy atom. The highest BCUT2D eigenvalue weighted by atomic mass is 32.2. The first-order valence-electron chi connectivity index (χ1n) is 9.72. The standard InChI is InChI=1S/C23H25N5OS2/c1-15-6-8-20(16(2)12-15)26-22(30)28-27-17(3)18-7-9-21(29-4)19(13-18)14-31-23-24-10-5-11-25-23/h5-13H,14H2,1-4H3,(H2,26,28,30)/b27-17-. The van der Waals surface area contributed by atoms with Crippen LogP contribution in [0.1, 0.15) is 29.2 Å². The first-order valence-corrected chi connectivity index (χ1v) is 11.1. The van der Waals surface area contributed by atoms with Crippen molar-refractivity contribution in [2.45, 2.75) is 31.7 Å². The molecular formula is C23H25N5OS2. The van der Waals surface area contributed by atoms with Gasteiger partial charge in [-0.05, 0) is 74.4 Å². The van der Waals surface area contributed by atoms with Crippen LogP contribution < -0.4 is 15.5 Å². The van der Waals surface area contributed by atoms with Crippen molar-refractivity contribution >= 4 is 40.5 Å². The molecule has 0 aliphatic rings. The van der Waals surface area contributed by atoms with Crippen molar-refractivity contribution in [3.63, 3.8) is 0 Å². The van der Waals surface area contributed by atoms with E-state index < -0.39 is 0 Å². The van der Waals surface area contributed by atoms with E-state index in [-0.39, 0.29) is 0 Å². The van der Waals surface area contributed by atoms with E-state index in [0.717, 1.165) is 39.0 Å². The highest BCUT2D eigenvalue weighted by molar-refractivity contribution is 7.98. The Bertz CT molecular complexity index is 1090. The van der Waals surface area contributed by atoms with Crippen molar-refractivity contribution in [3.8, 4) is 5.75 Å². The molecule has 0 saturated heterocycles. The van der Waals surface area contributed by atoms with Crippen LogP contribution in [0.2, 0.25) is 0 Å². The molecule has 0 radical (unpaired) electrons. The molecule has 0 unspecified atom stereocenters. The number of aromatic nitrogens is 2. The third-order valence-corrected chi connectivity index (χ3v) is 5.67. The molecule has 1 aromatic heterocycles. The van der Waals surface area contributed by atoms with Crippen LogP contribution in [0.3, 0.4) is 0 Å². The molecule has 3 rings (SSSR count). The Hall–Kier alpha value is -2.97. The molecule has 6 nitrogen and oxygen atoms in total. The third kappa shape index (κ3) is 6.50. The van der Waals surface area contributed by atoms with Gasteiger partial charge in [-0.2, -0.15) is 5.10 Å². The Labute approximate surface area is 192 Å². The molecule has 160 valence electrons. The largest absolute Gasteiger partial charge is 0.496 e. The molecule has 31 heavy (non-hydrogen) atoms. The molecule has 1 heterocycles. The molecular weight excluding hydrogens is 426 g/mol. The average Bonchev–Trinajstić information content (AvgIpc) is 2.78. The van der Waals surface area contributed by atoms with Gasteiger partial charge in [-0.25, -0.2) is 9.97 Å². The number of nitrogens with zero attached hydrogens (tertiary/aromatic N) is 3. The van der Waals surface area contributed by atoms with Crippen LogP contribution in [0, 0.1) is 13.8 Å². The summed E-state index contributed by atoms with van der Waals surface area (Å²) in [5.74, 6) is 1.51. The van der Waals surface area contributed by atoms with Crippen molar-refractivity contribution < 1.29 is 4.74 Å². The Balaban J connectivity index is 1.67. The van der Waals surface area contributed by atoms with Crippen LogP contribution in [0.15, 0.2) is 65.1 Å². The van der Waals surface area contributed by atoms with Gasteiger partial charge in [0.1, 0.15) is 5.75 Å². The molecule has 0 spiro atoms. The van der Waals surface area contributed by atoms with Gasteiger partial charge < -0.3 is 10.1 Å². The number of rotatable bonds is 7. The number of ether oxygens (including phenoxy) is 1. The molecule has 2 aromatic carbocycles. The number of hydrogen-bond donors (Lipinski definition) is 2. The molecule has 0 saturated carbocycles. The predicted octanol–water partition coefficient (Wildman–Crippen LogP) is 5.10. The number of thiocarbonyl (C=S) groups is 1. The monoisotopic (exact) mass is 451 g/mol. The lowest BCUT2D eigenvalue weighted by atomic mass is 10.1. The van der Waals surface area contributed by atoms with Crippen molar-refractivity contribution in [2.24, 2.45) is 5.10 Å². The topological polar surface area (TPSA) is 71.4 Å². The van der Waals surface area contributed by atoms with E-state index in [2.05, 4.69) is 44.9 Å². The van der Waals surface area contributed by atoms with Crippen molar-refractivity contribution in [1.82, 2.24) is 15.4 Å². The number of benzene rings is 2. The molecule has 0 fully saturated rings. The van der Waals surface area contributed by atoms with E-state index >= 15 is 0 Å². The van der Waals surface area contributed by atoms with E-state index in [9.17, 15) is 0 Å². The lowest BCUT2D eigenvalue weighted by Crippen LogP contribution is -2.25. The second-order valence-corrected chi connectivity index (χ2v) is 8.28. The van der Waals surface area contributed by atoms with Gasteiger partial charge in [0.15, 0.2) is 10.3 Å². The minimum absolute atomic E-state index is 0.442. The normalized spacial score (nSPS) is 11.2. The summed E-state index contributed by atoms with van der Waals surface area (Å²) in [5, 5.41) is 8.80. The number of nitrogens with one attached hydrogen (secondary N) is 2. The van der Waals surface area contributed by atoms with Gasteiger partial charge in [-0.1, -0.05) is 29.5 Å². The highest BCUT2D eigenvalue weighted by Crippen LogP contribution is 2.27. The van der Waals surface area contributed by atoms with Gasteiger partial charge in [-0.3, -0.25) is 5.43 Å². The molecule has 0 aliphatic carbocycles. The number of hydrazone groups is 1. The highest BCUT2D eigenvalue weighted by Gasteiger charge is 2.09. The van der Waals surface area contributed by atoms with Crippen molar-refractivity contribution in [1.29, 1.82) is 0 Å². The van der Waals surface area contributed by atoms with Crippen LogP contribution in [0.25, 0.3) is 0 Å². The quantitative estimate of drug-likeness (QED) is 0.170. The average molecular weight is 452 g/mol. The molecule has 0 bridgehead atoms. The molecule has 8 heteroatoms. The second-order valence-electron chi connectivity index (χ2n) is 6.93. The summed E-state index contributed by atoms with van der Waals surface area (Å²) in [7, 11) is 1.67. The Kier molecular flexibility index (Phi) is 7.97. The summed E-state index contributed by atoms with van der Waals surface area (Å²) in [4.78, 5) is 8.51. The molecule has 3 aromatic rings. The summed E-state index contributed by atoms with van der Waals surface area (Å²) in [6.45, 7) is 6.05. The van der Waals surface area contributed by atoms with E-state index in [4.69, 9.17) is 17.0 Å². The van der Waals surface area contributed by atoms with Crippen molar-refractivity contribution in [2.75, 3.05) is 12.4 Å². The van der Waals surface area contributed by atoms with Gasteiger partial charge in [0.2, 0.25) is 0 Å². The minimum atomic E-state index is 0.442. The van der Waals surface area contributed by atoms with E-state index in [0.29, 0.717) is 10.9 Å². The zero-order chi connectivity index (χ0) is 22.2. The van der Waals surface area contributed by atoms with Crippen LogP contribution in [-0.2, 0) is 5.75 Å². The summed E-state index contributed by atoms with van der Waals surface area (Å²) < 4.78 is 5.51. The van der Waals surface area contributed by atoms with Gasteiger partial charge in [0.05, 0.1) is 12.8 Å². The van der Waals surface area contributed by atoms with E-state index in [1.807, 2.05) is 38.1 Å². The van der Waals surface area contributed by atoms with Crippen LogP contribution in [0.4, 0.5) is 5.69 Å². The Morgan fingerprint density at radius 1 is 1.13 bits per heavy atom. The third-order valence-electron chi connectivity index (χ3n) is 4.55. The number of hydrogen-bond acceptors (Lipinski definition) is 6. The fraction of sp³-hybridized carbons (Fsp3) is 0.217. The zero-order valence-electron chi connectivity index (χ0n) is 18.0. The lowest BCUT2D eigenvalue weighted by Gasteiger charge is -2.12. The molecule has 0 aliphatic heterocycles. The van der Waals surface area contributed by atoms with Gasteiger partial charge in [0, 0.05) is 29.4 Å². The summed E-state index contributed by atoms with van der Waals surface area (Å²) >= 11 is 6.95. The van der Waals surface area contributed by atoms with Crippen LogP contribution in [-0.4, -0.2) is 27.9 Å². The van der Waals surface area contributed by atoms with Crippen LogP contribution in [0.5, 0.6) is 5.75 Å². The predicted molar refractivity (Wildman–Crippen MR) is 132 cm³/mol. The van der Waals surface area contributed by atoms with Crippen molar-refractivity contribution in [3.05, 3.63) is 77.1 Å². The number of aryl methyl sites for hydroxylation is 2. The molecule has 0 amide bonds. The second kappa shape index (κ2) is 10.9. The smallest absolute Gasteiger partial charge is 0.191 e. The lowest BCUT2D eigenvalue weighted by molar-refractivity contribution is 0.411. The van der Waals surface area contributed by atoms with E-state index in [1.165, 1.54) is 5.56 Å². The fourth-order valence-electron chi connectivity index (χ4n) is 2.92. The number of thioether (sulfide) groups is 1. The molecule has 2 N–H and O–H groups in total. The SMILES string of the molecule is COc1ccc(/C(C)=N\NC(=S)Nc2ccc(C)cc2C)cc1CSc1ncccn1. The summed E-state index contributed by atoms with van der Waals surface area (Å²) in [5.41, 5.74) is 9.07. The van der Waals surface area contributed by atoms with Gasteiger partial charge >= 0.3 is 0 Å². The summed E-state index contributed by atoms with van der Waals surface area (Å²) in [6.07, 6.45) is 3.47. The minimum Gasteiger partial charge on any atom is -0.496 e. The summed E-state index contributed by atoms with van der Waals surface area (Å²) in [6, 6.07) is 14.0. The van der Waals surface area contributed by atoms with Crippen LogP contribution >= 0.6 is 24.0 Å². The fourth-order valence-corrected chi connectivity index (χ4v) is 3.86. The number of methoxy groups -OCH3 is 1. The first-order chi connectivity index (χ1) is 15.0. The maximum Gasteiger partial charge on any atom is 0.191 e. The van der Waals surface area contributed by atoms with E-state index in [1.54, 1.807) is 37.3 Å². The first kappa shape index (κ1) is 22.7. The number of anilines is 1.